The molecule has 0 unspecified atom stereocenters. The second-order valence-electron chi connectivity index (χ2n) is 9.60. The average Bonchev–Trinajstić information content (AvgIpc) is 3.51. The molecule has 2 saturated heterocycles. The molecular weight excluding hydrogens is 486 g/mol. The number of benzene rings is 2. The van der Waals surface area contributed by atoms with E-state index in [0.717, 1.165) is 43.9 Å². The van der Waals surface area contributed by atoms with Crippen molar-refractivity contribution in [2.24, 2.45) is 11.0 Å². The van der Waals surface area contributed by atoms with Crippen LogP contribution in [0.25, 0.3) is 11.3 Å². The molecule has 38 heavy (non-hydrogen) atoms. The lowest BCUT2D eigenvalue weighted by atomic mass is 9.93. The molecule has 3 amide bonds. The predicted octanol–water partition coefficient (Wildman–Crippen LogP) is 4.76. The van der Waals surface area contributed by atoms with Crippen molar-refractivity contribution < 1.29 is 18.9 Å². The number of nitro groups is 1. The van der Waals surface area contributed by atoms with Crippen LogP contribution >= 0.6 is 0 Å². The number of imide groups is 1. The Hall–Kier alpha value is -4.31. The third-order valence-corrected chi connectivity index (χ3v) is 7.07. The smallest absolute Gasteiger partial charge is 0.347 e. The van der Waals surface area contributed by atoms with E-state index in [0.29, 0.717) is 29.5 Å². The number of hydrogen-bond donors (Lipinski definition) is 0. The first-order valence-corrected chi connectivity index (χ1v) is 12.7. The van der Waals surface area contributed by atoms with Crippen molar-refractivity contribution in [3.63, 3.8) is 0 Å². The molecule has 2 aliphatic rings. The van der Waals surface area contributed by atoms with Crippen LogP contribution in [0, 0.1) is 16.0 Å². The molecule has 3 heterocycles. The molecule has 2 aromatic carbocycles. The van der Waals surface area contributed by atoms with Gasteiger partial charge >= 0.3 is 6.03 Å². The highest BCUT2D eigenvalue weighted by molar-refractivity contribution is 6.02. The summed E-state index contributed by atoms with van der Waals surface area (Å²) in [6, 6.07) is 19.5. The molecule has 1 aromatic heterocycles. The number of nitro benzene ring substituents is 1. The molecule has 0 bridgehead atoms. The van der Waals surface area contributed by atoms with E-state index in [9.17, 15) is 19.7 Å². The van der Waals surface area contributed by atoms with Crippen LogP contribution in [0.2, 0.25) is 0 Å². The number of likely N-dealkylation sites (tertiary alicyclic amines) is 1. The molecule has 2 fully saturated rings. The van der Waals surface area contributed by atoms with Crippen molar-refractivity contribution in [3.8, 4) is 11.3 Å². The molecule has 10 heteroatoms. The Morgan fingerprint density at radius 3 is 2.50 bits per heavy atom. The lowest BCUT2D eigenvalue weighted by Gasteiger charge is -2.32. The Morgan fingerprint density at radius 2 is 1.74 bits per heavy atom. The summed E-state index contributed by atoms with van der Waals surface area (Å²) < 4.78 is 5.69. The predicted molar refractivity (Wildman–Crippen MR) is 141 cm³/mol. The number of carbonyl (C=O) groups is 2. The van der Waals surface area contributed by atoms with Gasteiger partial charge in [0.05, 0.1) is 16.7 Å². The summed E-state index contributed by atoms with van der Waals surface area (Å²) >= 11 is 0. The maximum Gasteiger partial charge on any atom is 0.347 e. The maximum absolute atomic E-state index is 12.8. The minimum atomic E-state index is -0.469. The zero-order valence-electron chi connectivity index (χ0n) is 20.9. The van der Waals surface area contributed by atoms with E-state index >= 15 is 0 Å². The van der Waals surface area contributed by atoms with E-state index in [4.69, 9.17) is 4.42 Å². The highest BCUT2D eigenvalue weighted by Gasteiger charge is 2.36. The fraction of sp³-hybridized carbons (Fsp3) is 0.321. The quantitative estimate of drug-likeness (QED) is 0.176. The number of urea groups is 1. The van der Waals surface area contributed by atoms with Gasteiger partial charge in [-0.15, -0.1) is 0 Å². The van der Waals surface area contributed by atoms with Crippen molar-refractivity contribution >= 4 is 23.8 Å². The number of amides is 3. The van der Waals surface area contributed by atoms with E-state index in [2.05, 4.69) is 34.3 Å². The monoisotopic (exact) mass is 515 g/mol. The van der Waals surface area contributed by atoms with Crippen molar-refractivity contribution in [2.45, 2.75) is 25.8 Å². The van der Waals surface area contributed by atoms with Crippen LogP contribution in [-0.2, 0) is 11.3 Å². The second kappa shape index (κ2) is 11.4. The topological polar surface area (TPSA) is 112 Å². The average molecular weight is 516 g/mol. The van der Waals surface area contributed by atoms with Gasteiger partial charge in [-0.25, -0.2) is 9.80 Å². The second-order valence-corrected chi connectivity index (χ2v) is 9.60. The fourth-order valence-electron chi connectivity index (χ4n) is 4.96. The lowest BCUT2D eigenvalue weighted by Crippen LogP contribution is -2.36. The van der Waals surface area contributed by atoms with E-state index in [1.165, 1.54) is 22.7 Å². The van der Waals surface area contributed by atoms with E-state index < -0.39 is 11.0 Å². The minimum absolute atomic E-state index is 0.0665. The number of piperidine rings is 1. The molecular formula is C28H29N5O5. The third-order valence-electron chi connectivity index (χ3n) is 7.07. The summed E-state index contributed by atoms with van der Waals surface area (Å²) in [7, 11) is 0. The fourth-order valence-corrected chi connectivity index (χ4v) is 4.96. The third kappa shape index (κ3) is 5.81. The summed E-state index contributed by atoms with van der Waals surface area (Å²) in [4.78, 5) is 39.9. The number of carbonyl (C=O) groups excluding carboxylic acids is 2. The van der Waals surface area contributed by atoms with Crippen molar-refractivity contribution in [3.05, 3.63) is 88.2 Å². The molecule has 3 aromatic rings. The molecule has 0 saturated carbocycles. The standard InChI is InChI=1S/C28H29N5O5/c34-27-20-32(29-18-23-10-11-26(38-23)24-8-4-5-9-25(24)33(36)37)28(35)31(27)17-14-21-12-15-30(16-13-21)19-22-6-2-1-3-7-22/h1-11,18,21H,12-17,19-20H2/b29-18+. The lowest BCUT2D eigenvalue weighted by molar-refractivity contribution is -0.384. The first-order valence-electron chi connectivity index (χ1n) is 12.7. The summed E-state index contributed by atoms with van der Waals surface area (Å²) in [6.45, 7) is 3.23. The molecule has 10 nitrogen and oxygen atoms in total. The van der Waals surface area contributed by atoms with Crippen LogP contribution in [0.5, 0.6) is 0 Å². The number of nitrogens with zero attached hydrogens (tertiary/aromatic N) is 5. The zero-order valence-corrected chi connectivity index (χ0v) is 20.9. The van der Waals surface area contributed by atoms with E-state index in [1.807, 2.05) is 6.07 Å². The van der Waals surface area contributed by atoms with Crippen molar-refractivity contribution in [2.75, 3.05) is 26.2 Å². The minimum Gasteiger partial charge on any atom is -0.455 e. The number of hydrogen-bond acceptors (Lipinski definition) is 7. The highest BCUT2D eigenvalue weighted by atomic mass is 16.6. The van der Waals surface area contributed by atoms with Crippen LogP contribution < -0.4 is 0 Å². The summed E-state index contributed by atoms with van der Waals surface area (Å²) in [6.07, 6.45) is 4.22. The molecule has 0 aliphatic carbocycles. The zero-order chi connectivity index (χ0) is 26.5. The van der Waals surface area contributed by atoms with Gasteiger partial charge in [0.15, 0.2) is 0 Å². The Morgan fingerprint density at radius 1 is 1.00 bits per heavy atom. The summed E-state index contributed by atoms with van der Waals surface area (Å²) in [5.41, 5.74) is 1.59. The molecule has 2 aliphatic heterocycles. The normalized spacial score (nSPS) is 17.2. The molecule has 0 spiro atoms. The largest absolute Gasteiger partial charge is 0.455 e. The number of rotatable bonds is 9. The first kappa shape index (κ1) is 25.3. The Balaban J connectivity index is 1.12. The molecule has 0 N–H and O–H groups in total. The van der Waals surface area contributed by atoms with Crippen LogP contribution in [0.3, 0.4) is 0 Å². The van der Waals surface area contributed by atoms with Gasteiger partial charge in [0.1, 0.15) is 18.1 Å². The van der Waals surface area contributed by atoms with Gasteiger partial charge in [-0.1, -0.05) is 42.5 Å². The van der Waals surface area contributed by atoms with Gasteiger partial charge in [0.25, 0.3) is 11.6 Å². The van der Waals surface area contributed by atoms with E-state index in [1.54, 1.807) is 30.3 Å². The highest BCUT2D eigenvalue weighted by Crippen LogP contribution is 2.30. The Kier molecular flexibility index (Phi) is 7.60. The number of para-hydroxylation sites is 1. The van der Waals surface area contributed by atoms with Gasteiger partial charge in [-0.2, -0.15) is 5.10 Å². The summed E-state index contributed by atoms with van der Waals surface area (Å²) in [5.74, 6) is 0.843. The molecule has 0 atom stereocenters. The molecule has 5 rings (SSSR count). The van der Waals surface area contributed by atoms with Crippen molar-refractivity contribution in [1.29, 1.82) is 0 Å². The van der Waals surface area contributed by atoms with Gasteiger partial charge in [0.2, 0.25) is 0 Å². The number of furan rings is 1. The van der Waals surface area contributed by atoms with E-state index in [-0.39, 0.29) is 18.1 Å². The molecule has 0 radical (unpaired) electrons. The van der Waals surface area contributed by atoms with Gasteiger partial charge < -0.3 is 4.42 Å². The van der Waals surface area contributed by atoms with Gasteiger partial charge in [-0.3, -0.25) is 24.7 Å². The van der Waals surface area contributed by atoms with Crippen LogP contribution in [0.15, 0.2) is 76.2 Å². The SMILES string of the molecule is O=C1CN(/N=C/c2ccc(-c3ccccc3[N+](=O)[O-])o2)C(=O)N1CCC1CCN(Cc2ccccc2)CC1. The Bertz CT molecular complexity index is 1330. The number of hydrazone groups is 1. The summed E-state index contributed by atoms with van der Waals surface area (Å²) in [5, 5.41) is 16.6. The van der Waals surface area contributed by atoms with Crippen molar-refractivity contribution in [1.82, 2.24) is 14.8 Å². The van der Waals surface area contributed by atoms with Crippen LogP contribution in [-0.4, -0.2) is 64.1 Å². The first-order chi connectivity index (χ1) is 18.5. The van der Waals surface area contributed by atoms with Gasteiger partial charge in [-0.05, 0) is 62.0 Å². The Labute approximate surface area is 220 Å². The van der Waals surface area contributed by atoms with Crippen LogP contribution in [0.1, 0.15) is 30.6 Å². The maximum atomic E-state index is 12.8. The van der Waals surface area contributed by atoms with Gasteiger partial charge in [0, 0.05) is 19.2 Å². The van der Waals surface area contributed by atoms with Crippen LogP contribution in [0.4, 0.5) is 10.5 Å². The molecule has 196 valence electrons.